The second-order valence-electron chi connectivity index (χ2n) is 5.42. The first-order valence-corrected chi connectivity index (χ1v) is 9.21. The highest BCUT2D eigenvalue weighted by atomic mass is 35.5. The predicted octanol–water partition coefficient (Wildman–Crippen LogP) is 5.97. The van der Waals surface area contributed by atoms with Gasteiger partial charge in [0.25, 0.3) is 0 Å². The van der Waals surface area contributed by atoms with Gasteiger partial charge in [0.05, 0.1) is 16.3 Å². The van der Waals surface area contributed by atoms with Gasteiger partial charge in [0.2, 0.25) is 5.13 Å². The number of rotatable bonds is 3. The minimum Gasteiger partial charge on any atom is -0.422 e. The van der Waals surface area contributed by atoms with Gasteiger partial charge in [-0.25, -0.2) is 14.8 Å². The number of aromatic nitrogens is 1. The van der Waals surface area contributed by atoms with Gasteiger partial charge < -0.3 is 4.42 Å². The van der Waals surface area contributed by atoms with E-state index in [1.165, 1.54) is 11.3 Å². The Balaban J connectivity index is 1.67. The van der Waals surface area contributed by atoms with Crippen LogP contribution in [-0.4, -0.2) is 11.2 Å². The van der Waals surface area contributed by atoms with Crippen molar-refractivity contribution in [1.29, 1.82) is 0 Å². The summed E-state index contributed by atoms with van der Waals surface area (Å²) in [5.74, 6) is 0. The molecule has 7 heteroatoms. The third kappa shape index (κ3) is 3.42. The van der Waals surface area contributed by atoms with Crippen molar-refractivity contribution in [3.8, 4) is 11.3 Å². The van der Waals surface area contributed by atoms with Gasteiger partial charge in [0, 0.05) is 27.6 Å². The van der Waals surface area contributed by atoms with Gasteiger partial charge in [0.15, 0.2) is 0 Å². The first-order valence-electron chi connectivity index (χ1n) is 7.58. The Labute approximate surface area is 162 Å². The molecule has 0 N–H and O–H groups in total. The number of para-hydroxylation sites is 1. The molecule has 128 valence electrons. The van der Waals surface area contributed by atoms with E-state index >= 15 is 0 Å². The molecule has 0 aliphatic heterocycles. The zero-order valence-corrected chi connectivity index (χ0v) is 15.5. The second-order valence-corrected chi connectivity index (χ2v) is 7.10. The van der Waals surface area contributed by atoms with E-state index in [0.29, 0.717) is 32.0 Å². The summed E-state index contributed by atoms with van der Waals surface area (Å²) in [5.41, 5.74) is 1.80. The van der Waals surface area contributed by atoms with Gasteiger partial charge in [-0.1, -0.05) is 47.5 Å². The summed E-state index contributed by atoms with van der Waals surface area (Å²) in [7, 11) is 0. The van der Waals surface area contributed by atoms with E-state index < -0.39 is 5.63 Å². The number of halogens is 2. The minimum absolute atomic E-state index is 0.408. The summed E-state index contributed by atoms with van der Waals surface area (Å²) in [4.78, 5) is 21.0. The van der Waals surface area contributed by atoms with Gasteiger partial charge in [-0.05, 0) is 24.3 Å². The topological polar surface area (TPSA) is 55.5 Å². The largest absolute Gasteiger partial charge is 0.422 e. The molecule has 2 aromatic heterocycles. The number of thiazole rings is 1. The molecule has 0 saturated carbocycles. The summed E-state index contributed by atoms with van der Waals surface area (Å²) in [5, 5.41) is 4.20. The van der Waals surface area contributed by atoms with Crippen LogP contribution >= 0.6 is 34.5 Å². The Hall–Kier alpha value is -2.47. The van der Waals surface area contributed by atoms with Crippen molar-refractivity contribution < 1.29 is 4.42 Å². The van der Waals surface area contributed by atoms with Crippen molar-refractivity contribution in [3.05, 3.63) is 79.9 Å². The summed E-state index contributed by atoms with van der Waals surface area (Å²) >= 11 is 13.3. The monoisotopic (exact) mass is 400 g/mol. The molecule has 4 nitrogen and oxygen atoms in total. The average Bonchev–Trinajstić information content (AvgIpc) is 3.09. The standard InChI is InChI=1S/C19H10Cl2N2O2S/c20-13-6-5-12(15(21)8-13)9-22-19-23-16(10-26-19)14-7-11-3-1-2-4-17(11)25-18(14)24/h1-10H/b22-9+. The molecule has 2 heterocycles. The van der Waals surface area contributed by atoms with Crippen LogP contribution in [0, 0.1) is 0 Å². The van der Waals surface area contributed by atoms with Crippen LogP contribution in [0.2, 0.25) is 10.0 Å². The molecule has 4 aromatic rings. The van der Waals surface area contributed by atoms with Crippen molar-refractivity contribution in [2.45, 2.75) is 0 Å². The third-order valence-corrected chi connectivity index (χ3v) is 5.00. The van der Waals surface area contributed by atoms with Crippen molar-refractivity contribution in [3.63, 3.8) is 0 Å². The summed E-state index contributed by atoms with van der Waals surface area (Å²) in [6.45, 7) is 0. The lowest BCUT2D eigenvalue weighted by Gasteiger charge is -1.99. The molecule has 0 amide bonds. The summed E-state index contributed by atoms with van der Waals surface area (Å²) < 4.78 is 5.35. The Morgan fingerprint density at radius 3 is 2.81 bits per heavy atom. The fourth-order valence-corrected chi connectivity index (χ4v) is 3.54. The van der Waals surface area contributed by atoms with Gasteiger partial charge in [0.1, 0.15) is 5.58 Å². The number of nitrogens with zero attached hydrogens (tertiary/aromatic N) is 2. The molecule has 0 atom stereocenters. The summed E-state index contributed by atoms with van der Waals surface area (Å²) in [6.07, 6.45) is 1.62. The number of aliphatic imine (C=N–C) groups is 1. The molecule has 0 radical (unpaired) electrons. The third-order valence-electron chi connectivity index (χ3n) is 3.69. The van der Waals surface area contributed by atoms with Crippen LogP contribution < -0.4 is 5.63 Å². The van der Waals surface area contributed by atoms with E-state index in [1.807, 2.05) is 18.2 Å². The van der Waals surface area contributed by atoms with E-state index in [-0.39, 0.29) is 0 Å². The lowest BCUT2D eigenvalue weighted by atomic mass is 10.1. The highest BCUT2D eigenvalue weighted by Crippen LogP contribution is 2.27. The Morgan fingerprint density at radius 1 is 1.12 bits per heavy atom. The second kappa shape index (κ2) is 7.03. The maximum Gasteiger partial charge on any atom is 0.345 e. The minimum atomic E-state index is -0.426. The van der Waals surface area contributed by atoms with Gasteiger partial charge in [-0.2, -0.15) is 0 Å². The Bertz CT molecular complexity index is 1200. The van der Waals surface area contributed by atoms with Crippen LogP contribution in [0.5, 0.6) is 0 Å². The molecule has 0 bridgehead atoms. The van der Waals surface area contributed by atoms with Crippen LogP contribution in [0.4, 0.5) is 5.13 Å². The van der Waals surface area contributed by atoms with Gasteiger partial charge in [-0.3, -0.25) is 0 Å². The molecule has 0 saturated heterocycles. The normalized spacial score (nSPS) is 11.5. The first kappa shape index (κ1) is 17.0. The summed E-state index contributed by atoms with van der Waals surface area (Å²) in [6, 6.07) is 14.3. The zero-order valence-electron chi connectivity index (χ0n) is 13.1. The SMILES string of the molecule is O=c1oc2ccccc2cc1-c1csc(/N=C/c2ccc(Cl)cc2Cl)n1. The lowest BCUT2D eigenvalue weighted by molar-refractivity contribution is 0.563. The Morgan fingerprint density at radius 2 is 1.96 bits per heavy atom. The molecule has 0 aliphatic rings. The van der Waals surface area contributed by atoms with E-state index in [4.69, 9.17) is 27.6 Å². The van der Waals surface area contributed by atoms with Crippen molar-refractivity contribution >= 4 is 56.9 Å². The van der Waals surface area contributed by atoms with E-state index in [9.17, 15) is 4.79 Å². The van der Waals surface area contributed by atoms with E-state index in [0.717, 1.165) is 10.9 Å². The maximum atomic E-state index is 12.2. The van der Waals surface area contributed by atoms with E-state index in [1.54, 1.807) is 41.9 Å². The van der Waals surface area contributed by atoms with Crippen molar-refractivity contribution in [2.75, 3.05) is 0 Å². The van der Waals surface area contributed by atoms with Gasteiger partial charge >= 0.3 is 5.63 Å². The predicted molar refractivity (Wildman–Crippen MR) is 107 cm³/mol. The van der Waals surface area contributed by atoms with Crippen LogP contribution in [0.15, 0.2) is 68.1 Å². The van der Waals surface area contributed by atoms with Crippen LogP contribution in [-0.2, 0) is 0 Å². The number of fused-ring (bicyclic) bond motifs is 1. The van der Waals surface area contributed by atoms with Crippen LogP contribution in [0.25, 0.3) is 22.2 Å². The fourth-order valence-electron chi connectivity index (χ4n) is 2.42. The molecule has 0 fully saturated rings. The van der Waals surface area contributed by atoms with Gasteiger partial charge in [-0.15, -0.1) is 11.3 Å². The molecular weight excluding hydrogens is 391 g/mol. The maximum absolute atomic E-state index is 12.2. The molecular formula is C19H10Cl2N2O2S. The number of benzene rings is 2. The Kier molecular flexibility index (Phi) is 4.59. The van der Waals surface area contributed by atoms with Crippen molar-refractivity contribution in [1.82, 2.24) is 4.98 Å². The lowest BCUT2D eigenvalue weighted by Crippen LogP contribution is -2.02. The zero-order chi connectivity index (χ0) is 18.1. The molecule has 4 rings (SSSR count). The average molecular weight is 401 g/mol. The van der Waals surface area contributed by atoms with Crippen LogP contribution in [0.1, 0.15) is 5.56 Å². The smallest absolute Gasteiger partial charge is 0.345 e. The number of hydrogen-bond acceptors (Lipinski definition) is 5. The fraction of sp³-hybridized carbons (Fsp3) is 0. The molecule has 26 heavy (non-hydrogen) atoms. The highest BCUT2D eigenvalue weighted by Gasteiger charge is 2.11. The molecule has 0 spiro atoms. The van der Waals surface area contributed by atoms with Crippen LogP contribution in [0.3, 0.4) is 0 Å². The molecule has 2 aromatic carbocycles. The number of hydrogen-bond donors (Lipinski definition) is 0. The molecule has 0 unspecified atom stereocenters. The van der Waals surface area contributed by atoms with E-state index in [2.05, 4.69) is 9.98 Å². The highest BCUT2D eigenvalue weighted by molar-refractivity contribution is 7.13. The quantitative estimate of drug-likeness (QED) is 0.314. The first-order chi connectivity index (χ1) is 12.6. The van der Waals surface area contributed by atoms with Crippen molar-refractivity contribution in [2.24, 2.45) is 4.99 Å². The molecule has 0 aliphatic carbocycles.